The Balaban J connectivity index is 1.83. The summed E-state index contributed by atoms with van der Waals surface area (Å²) in [6.45, 7) is -1.38. The number of hydrogen-bond acceptors (Lipinski definition) is 3. The van der Waals surface area contributed by atoms with E-state index in [1.165, 1.54) is 18.2 Å². The van der Waals surface area contributed by atoms with E-state index in [4.69, 9.17) is 0 Å². The molecular weight excluding hydrogens is 313 g/mol. The lowest BCUT2D eigenvalue weighted by Crippen LogP contribution is -2.40. The highest BCUT2D eigenvalue weighted by atomic mass is 19.4. The summed E-state index contributed by atoms with van der Waals surface area (Å²) in [7, 11) is 0. The van der Waals surface area contributed by atoms with Crippen molar-refractivity contribution < 1.29 is 27.8 Å². The summed E-state index contributed by atoms with van der Waals surface area (Å²) in [5.74, 6) is 0.0286. The van der Waals surface area contributed by atoms with Crippen molar-refractivity contribution in [3.8, 4) is 5.75 Å². The second-order valence-corrected chi connectivity index (χ2v) is 5.54. The number of halogens is 3. The maximum absolute atomic E-state index is 12.1. The molecule has 0 aromatic heterocycles. The second kappa shape index (κ2) is 7.54. The number of urea groups is 1. The summed E-state index contributed by atoms with van der Waals surface area (Å²) >= 11 is 0. The molecule has 1 aromatic carbocycles. The summed E-state index contributed by atoms with van der Waals surface area (Å²) in [5.41, 5.74) is 0.345. The van der Waals surface area contributed by atoms with E-state index in [9.17, 15) is 23.1 Å². The van der Waals surface area contributed by atoms with Crippen LogP contribution in [0.15, 0.2) is 24.3 Å². The average molecular weight is 332 g/mol. The summed E-state index contributed by atoms with van der Waals surface area (Å²) in [4.78, 5) is 11.9. The van der Waals surface area contributed by atoms with E-state index in [-0.39, 0.29) is 17.9 Å². The van der Waals surface area contributed by atoms with Gasteiger partial charge in [0.15, 0.2) is 6.61 Å². The lowest BCUT2D eigenvalue weighted by atomic mass is 9.93. The molecule has 0 atom stereocenters. The molecule has 23 heavy (non-hydrogen) atoms. The zero-order valence-corrected chi connectivity index (χ0v) is 12.4. The Bertz CT molecular complexity index is 529. The van der Waals surface area contributed by atoms with Crippen LogP contribution in [0.4, 0.5) is 23.7 Å². The van der Waals surface area contributed by atoms with Gasteiger partial charge in [-0.25, -0.2) is 4.79 Å². The van der Waals surface area contributed by atoms with E-state index in [1.54, 1.807) is 6.07 Å². The highest BCUT2D eigenvalue weighted by Gasteiger charge is 2.28. The van der Waals surface area contributed by atoms with Gasteiger partial charge in [-0.2, -0.15) is 13.2 Å². The molecule has 0 spiro atoms. The maximum atomic E-state index is 12.1. The minimum atomic E-state index is -4.41. The minimum Gasteiger partial charge on any atom is -0.484 e. The summed E-state index contributed by atoms with van der Waals surface area (Å²) in [6.07, 6.45) is -2.03. The third kappa shape index (κ3) is 6.35. The van der Waals surface area contributed by atoms with Crippen LogP contribution in [-0.2, 0) is 0 Å². The SMILES string of the molecule is O=C(Nc1cccc(OCC(F)(F)F)c1)NC1CCC(O)CC1. The molecule has 1 fully saturated rings. The van der Waals surface area contributed by atoms with Crippen molar-refractivity contribution >= 4 is 11.7 Å². The number of alkyl halides is 3. The summed E-state index contributed by atoms with van der Waals surface area (Å²) in [6, 6.07) is 5.33. The molecule has 1 aliphatic rings. The number of aliphatic hydroxyl groups excluding tert-OH is 1. The molecule has 0 bridgehead atoms. The van der Waals surface area contributed by atoms with E-state index in [0.29, 0.717) is 31.4 Å². The van der Waals surface area contributed by atoms with Gasteiger partial charge < -0.3 is 20.5 Å². The largest absolute Gasteiger partial charge is 0.484 e. The van der Waals surface area contributed by atoms with Gasteiger partial charge in [-0.1, -0.05) is 6.07 Å². The lowest BCUT2D eigenvalue weighted by Gasteiger charge is -2.26. The number of ether oxygens (including phenoxy) is 1. The Hall–Kier alpha value is -1.96. The Morgan fingerprint density at radius 2 is 1.96 bits per heavy atom. The van der Waals surface area contributed by atoms with Crippen LogP contribution in [0.5, 0.6) is 5.75 Å². The van der Waals surface area contributed by atoms with Gasteiger partial charge in [-0.3, -0.25) is 0 Å². The summed E-state index contributed by atoms with van der Waals surface area (Å²) < 4.78 is 41.0. The van der Waals surface area contributed by atoms with Crippen molar-refractivity contribution in [1.29, 1.82) is 0 Å². The number of anilines is 1. The molecule has 0 aliphatic heterocycles. The first-order valence-electron chi connectivity index (χ1n) is 7.37. The first-order chi connectivity index (χ1) is 10.8. The molecule has 0 radical (unpaired) electrons. The average Bonchev–Trinajstić information content (AvgIpc) is 2.47. The number of carbonyl (C=O) groups excluding carboxylic acids is 1. The van der Waals surface area contributed by atoms with Gasteiger partial charge in [0, 0.05) is 17.8 Å². The van der Waals surface area contributed by atoms with Crippen molar-refractivity contribution in [1.82, 2.24) is 5.32 Å². The Morgan fingerprint density at radius 3 is 2.61 bits per heavy atom. The Morgan fingerprint density at radius 1 is 1.26 bits per heavy atom. The fraction of sp³-hybridized carbons (Fsp3) is 0.533. The molecule has 2 rings (SSSR count). The van der Waals surface area contributed by atoms with Crippen molar-refractivity contribution in [3.63, 3.8) is 0 Å². The van der Waals surface area contributed by atoms with Gasteiger partial charge in [0.1, 0.15) is 5.75 Å². The number of carbonyl (C=O) groups is 1. The van der Waals surface area contributed by atoms with Gasteiger partial charge in [0.25, 0.3) is 0 Å². The number of rotatable bonds is 4. The second-order valence-electron chi connectivity index (χ2n) is 5.54. The molecule has 1 aliphatic carbocycles. The first-order valence-corrected chi connectivity index (χ1v) is 7.37. The maximum Gasteiger partial charge on any atom is 0.422 e. The van der Waals surface area contributed by atoms with Gasteiger partial charge in [0.05, 0.1) is 6.10 Å². The fourth-order valence-electron chi connectivity index (χ4n) is 2.40. The Kier molecular flexibility index (Phi) is 5.70. The predicted octanol–water partition coefficient (Wildman–Crippen LogP) is 3.05. The van der Waals surface area contributed by atoms with Crippen LogP contribution in [0.25, 0.3) is 0 Å². The number of benzene rings is 1. The van der Waals surface area contributed by atoms with E-state index in [0.717, 1.165) is 0 Å². The highest BCUT2D eigenvalue weighted by Crippen LogP contribution is 2.22. The van der Waals surface area contributed by atoms with Gasteiger partial charge in [0.2, 0.25) is 0 Å². The zero-order valence-electron chi connectivity index (χ0n) is 12.4. The Labute approximate surface area is 131 Å². The number of hydrogen-bond donors (Lipinski definition) is 3. The van der Waals surface area contributed by atoms with Crippen LogP contribution in [-0.4, -0.2) is 36.1 Å². The highest BCUT2D eigenvalue weighted by molar-refractivity contribution is 5.89. The zero-order chi connectivity index (χ0) is 16.9. The topological polar surface area (TPSA) is 70.6 Å². The minimum absolute atomic E-state index is 0.0111. The van der Waals surface area contributed by atoms with Crippen LogP contribution >= 0.6 is 0 Å². The molecule has 1 aromatic rings. The smallest absolute Gasteiger partial charge is 0.422 e. The van der Waals surface area contributed by atoms with Crippen molar-refractivity contribution in [2.24, 2.45) is 0 Å². The van der Waals surface area contributed by atoms with Gasteiger partial charge >= 0.3 is 12.2 Å². The van der Waals surface area contributed by atoms with Gasteiger partial charge in [-0.05, 0) is 37.8 Å². The molecule has 3 N–H and O–H groups in total. The van der Waals surface area contributed by atoms with Crippen LogP contribution in [0.1, 0.15) is 25.7 Å². The van der Waals surface area contributed by atoms with Crippen LogP contribution in [0.2, 0.25) is 0 Å². The lowest BCUT2D eigenvalue weighted by molar-refractivity contribution is -0.153. The van der Waals surface area contributed by atoms with Crippen LogP contribution in [0, 0.1) is 0 Å². The van der Waals surface area contributed by atoms with E-state index < -0.39 is 18.8 Å². The quantitative estimate of drug-likeness (QED) is 0.794. The number of aliphatic hydroxyl groups is 1. The molecule has 8 heteroatoms. The summed E-state index contributed by atoms with van der Waals surface area (Å²) in [5, 5.41) is 14.8. The fourth-order valence-corrected chi connectivity index (χ4v) is 2.40. The first kappa shape index (κ1) is 17.4. The number of amides is 2. The normalized spacial score (nSPS) is 21.6. The van der Waals surface area contributed by atoms with Gasteiger partial charge in [-0.15, -0.1) is 0 Å². The standard InChI is InChI=1S/C15H19F3N2O3/c16-15(17,18)9-23-13-3-1-2-11(8-13)20-14(22)19-10-4-6-12(21)7-5-10/h1-3,8,10,12,21H,4-7,9H2,(H2,19,20,22). The van der Waals surface area contributed by atoms with Crippen molar-refractivity contribution in [2.45, 2.75) is 44.0 Å². The molecule has 128 valence electrons. The third-order valence-electron chi connectivity index (χ3n) is 3.53. The molecular formula is C15H19F3N2O3. The van der Waals surface area contributed by atoms with E-state index >= 15 is 0 Å². The van der Waals surface area contributed by atoms with Crippen LogP contribution < -0.4 is 15.4 Å². The molecule has 5 nitrogen and oxygen atoms in total. The predicted molar refractivity (Wildman–Crippen MR) is 78.4 cm³/mol. The molecule has 1 saturated carbocycles. The van der Waals surface area contributed by atoms with Crippen LogP contribution in [0.3, 0.4) is 0 Å². The van der Waals surface area contributed by atoms with Crippen molar-refractivity contribution in [2.75, 3.05) is 11.9 Å². The molecule has 0 saturated heterocycles. The molecule has 0 unspecified atom stereocenters. The third-order valence-corrected chi connectivity index (χ3v) is 3.53. The van der Waals surface area contributed by atoms with E-state index in [2.05, 4.69) is 15.4 Å². The van der Waals surface area contributed by atoms with E-state index in [1.807, 2.05) is 0 Å². The van der Waals surface area contributed by atoms with Crippen molar-refractivity contribution in [3.05, 3.63) is 24.3 Å². The number of nitrogens with one attached hydrogen (secondary N) is 2. The molecule has 2 amide bonds. The monoisotopic (exact) mass is 332 g/mol. The molecule has 0 heterocycles.